The van der Waals surface area contributed by atoms with Gasteiger partial charge in [0, 0.05) is 11.1 Å². The first-order chi connectivity index (χ1) is 21.9. The second kappa shape index (κ2) is 12.5. The Kier molecular flexibility index (Phi) is 8.21. The molecule has 0 atom stereocenters. The Morgan fingerprint density at radius 2 is 1.11 bits per heavy atom. The van der Waals surface area contributed by atoms with Crippen LogP contribution in [0.15, 0.2) is 109 Å². The molecule has 0 bridgehead atoms. The summed E-state index contributed by atoms with van der Waals surface area (Å²) in [5, 5.41) is 3.23. The second-order valence-corrected chi connectivity index (χ2v) is 10.8. The lowest BCUT2D eigenvalue weighted by atomic mass is 9.88. The van der Waals surface area contributed by atoms with Crippen LogP contribution < -0.4 is 14.2 Å². The summed E-state index contributed by atoms with van der Waals surface area (Å²) in [4.78, 5) is 27.5. The van der Waals surface area contributed by atoms with Crippen LogP contribution in [0.1, 0.15) is 37.4 Å². The van der Waals surface area contributed by atoms with Gasteiger partial charge in [-0.15, -0.1) is 0 Å². The van der Waals surface area contributed by atoms with Gasteiger partial charge >= 0.3 is 11.9 Å². The average molecular weight is 597 g/mol. The molecule has 6 rings (SSSR count). The van der Waals surface area contributed by atoms with Crippen LogP contribution in [0.3, 0.4) is 0 Å². The van der Waals surface area contributed by atoms with Gasteiger partial charge in [0.25, 0.3) is 0 Å². The summed E-state index contributed by atoms with van der Waals surface area (Å²) in [7, 11) is 3.04. The normalized spacial score (nSPS) is 10.9. The van der Waals surface area contributed by atoms with Crippen LogP contribution in [-0.4, -0.2) is 26.2 Å². The Bertz CT molecular complexity index is 2060. The molecule has 0 fully saturated rings. The molecule has 0 spiro atoms. The fourth-order valence-electron chi connectivity index (χ4n) is 5.62. The number of para-hydroxylation sites is 1. The number of rotatable bonds is 8. The molecule has 0 saturated carbocycles. The Morgan fingerprint density at radius 3 is 1.67 bits per heavy atom. The van der Waals surface area contributed by atoms with E-state index in [1.165, 1.54) is 14.2 Å². The van der Waals surface area contributed by atoms with Gasteiger partial charge in [-0.05, 0) is 64.7 Å². The van der Waals surface area contributed by atoms with Crippen molar-refractivity contribution in [3.8, 4) is 28.4 Å². The zero-order valence-electron chi connectivity index (χ0n) is 25.5. The number of fused-ring (bicyclic) bond motifs is 2. The first-order valence-corrected chi connectivity index (χ1v) is 14.6. The largest absolute Gasteiger partial charge is 0.495 e. The molecule has 224 valence electrons. The molecule has 0 unspecified atom stereocenters. The first-order valence-electron chi connectivity index (χ1n) is 14.6. The fourth-order valence-corrected chi connectivity index (χ4v) is 5.62. The van der Waals surface area contributed by atoms with Gasteiger partial charge in [-0.25, -0.2) is 9.59 Å². The van der Waals surface area contributed by atoms with Crippen molar-refractivity contribution in [3.63, 3.8) is 0 Å². The minimum Gasteiger partial charge on any atom is -0.495 e. The number of methoxy groups -OCH3 is 2. The minimum atomic E-state index is -0.565. The molecule has 6 aromatic rings. The van der Waals surface area contributed by atoms with Gasteiger partial charge in [-0.3, -0.25) is 0 Å². The first kappa shape index (κ1) is 29.5. The van der Waals surface area contributed by atoms with E-state index in [2.05, 4.69) is 0 Å². The molecule has 0 saturated heterocycles. The summed E-state index contributed by atoms with van der Waals surface area (Å²) in [6, 6.07) is 34.1. The van der Waals surface area contributed by atoms with Gasteiger partial charge in [0.15, 0.2) is 0 Å². The molecule has 6 nitrogen and oxygen atoms in total. The lowest BCUT2D eigenvalue weighted by molar-refractivity contribution is 0.0469. The number of aryl methyl sites for hydroxylation is 2. The third kappa shape index (κ3) is 5.70. The molecule has 0 N–H and O–H groups in total. The number of esters is 2. The number of benzene rings is 6. The second-order valence-electron chi connectivity index (χ2n) is 10.8. The predicted molar refractivity (Wildman–Crippen MR) is 176 cm³/mol. The lowest BCUT2D eigenvalue weighted by Crippen LogP contribution is -2.12. The Labute approximate surface area is 261 Å². The molecule has 0 aliphatic heterocycles. The van der Waals surface area contributed by atoms with Crippen LogP contribution in [0.4, 0.5) is 0 Å². The maximum atomic E-state index is 13.8. The number of hydrogen-bond acceptors (Lipinski definition) is 6. The third-order valence-corrected chi connectivity index (χ3v) is 7.89. The Hall–Kier alpha value is -5.62. The van der Waals surface area contributed by atoms with Gasteiger partial charge in [0.1, 0.15) is 35.0 Å². The molecule has 6 aromatic carbocycles. The van der Waals surface area contributed by atoms with Crippen LogP contribution >= 0.6 is 0 Å². The molecule has 0 amide bonds. The van der Waals surface area contributed by atoms with Crippen LogP contribution in [0, 0.1) is 13.8 Å². The van der Waals surface area contributed by atoms with Gasteiger partial charge in [0.2, 0.25) is 0 Å². The van der Waals surface area contributed by atoms with E-state index < -0.39 is 11.9 Å². The van der Waals surface area contributed by atoms with Crippen LogP contribution in [-0.2, 0) is 11.3 Å². The minimum absolute atomic E-state index is 0.108. The molecule has 0 aliphatic rings. The van der Waals surface area contributed by atoms with E-state index in [0.29, 0.717) is 28.4 Å². The van der Waals surface area contributed by atoms with Crippen molar-refractivity contribution in [2.45, 2.75) is 20.5 Å². The number of ether oxygens (including phenoxy) is 4. The van der Waals surface area contributed by atoms with E-state index in [-0.39, 0.29) is 17.7 Å². The van der Waals surface area contributed by atoms with E-state index in [1.807, 2.05) is 105 Å². The van der Waals surface area contributed by atoms with Crippen molar-refractivity contribution in [1.29, 1.82) is 0 Å². The maximum Gasteiger partial charge on any atom is 0.347 e. The number of carbonyl (C=O) groups is 2. The molecule has 0 heterocycles. The topological polar surface area (TPSA) is 71.1 Å². The number of hydrogen-bond donors (Lipinski definition) is 0. The summed E-state index contributed by atoms with van der Waals surface area (Å²) in [5.74, 6) is -0.0140. The van der Waals surface area contributed by atoms with E-state index in [4.69, 9.17) is 18.9 Å². The smallest absolute Gasteiger partial charge is 0.347 e. The van der Waals surface area contributed by atoms with E-state index in [1.54, 1.807) is 18.2 Å². The van der Waals surface area contributed by atoms with Crippen molar-refractivity contribution in [2.24, 2.45) is 0 Å². The van der Waals surface area contributed by atoms with Gasteiger partial charge in [0.05, 0.1) is 14.2 Å². The highest BCUT2D eigenvalue weighted by Gasteiger charge is 2.28. The number of carbonyl (C=O) groups excluding carboxylic acids is 2. The molecule has 6 heteroatoms. The van der Waals surface area contributed by atoms with Gasteiger partial charge in [-0.2, -0.15) is 0 Å². The lowest BCUT2D eigenvalue weighted by Gasteiger charge is -2.21. The maximum absolute atomic E-state index is 13.8. The van der Waals surface area contributed by atoms with Crippen molar-refractivity contribution < 1.29 is 28.5 Å². The highest BCUT2D eigenvalue weighted by Crippen LogP contribution is 2.48. The summed E-state index contributed by atoms with van der Waals surface area (Å²) >= 11 is 0. The Balaban J connectivity index is 1.57. The zero-order chi connectivity index (χ0) is 31.5. The predicted octanol–water partition coefficient (Wildman–Crippen LogP) is 8.87. The zero-order valence-corrected chi connectivity index (χ0v) is 25.5. The highest BCUT2D eigenvalue weighted by atomic mass is 16.5. The standard InChI is InChI=1S/C39H32O6/c1-24-17-19-26(20-18-24)23-44-38(40)31-21-27-12-6-8-14-29(27)34(36(31)42-3)35-30-15-9-7-13-28(30)22-32(37(35)43-4)39(41)45-33-16-10-5-11-25(33)2/h5-22H,23H2,1-4H3. The van der Waals surface area contributed by atoms with Crippen molar-refractivity contribution in [1.82, 2.24) is 0 Å². The van der Waals surface area contributed by atoms with Crippen LogP contribution in [0.2, 0.25) is 0 Å². The molecule has 0 aliphatic carbocycles. The quantitative estimate of drug-likeness (QED) is 0.129. The fraction of sp³-hybridized carbons (Fsp3) is 0.128. The average Bonchev–Trinajstić information content (AvgIpc) is 3.07. The van der Waals surface area contributed by atoms with Gasteiger partial charge in [-0.1, -0.05) is 96.6 Å². The highest BCUT2D eigenvalue weighted by molar-refractivity contribution is 6.16. The summed E-state index contributed by atoms with van der Waals surface area (Å²) in [6.07, 6.45) is 0. The Morgan fingerprint density at radius 1 is 0.600 bits per heavy atom. The third-order valence-electron chi connectivity index (χ3n) is 7.89. The van der Waals surface area contributed by atoms with E-state index in [0.717, 1.165) is 38.2 Å². The summed E-state index contributed by atoms with van der Waals surface area (Å²) in [6.45, 7) is 4.00. The van der Waals surface area contributed by atoms with Gasteiger partial charge < -0.3 is 18.9 Å². The van der Waals surface area contributed by atoms with Crippen LogP contribution in [0.5, 0.6) is 17.2 Å². The summed E-state index contributed by atoms with van der Waals surface area (Å²) < 4.78 is 23.7. The molecular formula is C39H32O6. The van der Waals surface area contributed by atoms with Crippen molar-refractivity contribution in [2.75, 3.05) is 14.2 Å². The van der Waals surface area contributed by atoms with Crippen molar-refractivity contribution >= 4 is 33.5 Å². The van der Waals surface area contributed by atoms with Crippen LogP contribution in [0.25, 0.3) is 32.7 Å². The molecule has 45 heavy (non-hydrogen) atoms. The molecular weight excluding hydrogens is 564 g/mol. The van der Waals surface area contributed by atoms with E-state index >= 15 is 0 Å². The summed E-state index contributed by atoms with van der Waals surface area (Å²) in [5.41, 5.74) is 4.55. The van der Waals surface area contributed by atoms with Crippen molar-refractivity contribution in [3.05, 3.63) is 137 Å². The van der Waals surface area contributed by atoms with E-state index in [9.17, 15) is 9.59 Å². The monoisotopic (exact) mass is 596 g/mol. The molecule has 0 radical (unpaired) electrons. The SMILES string of the molecule is COc1c(C(=O)OCc2ccc(C)cc2)cc2ccccc2c1-c1c(OC)c(C(=O)Oc2ccccc2C)cc2ccccc12. The molecule has 0 aromatic heterocycles.